The van der Waals surface area contributed by atoms with Gasteiger partial charge in [-0.2, -0.15) is 12.6 Å². The second-order valence-electron chi connectivity index (χ2n) is 2.63. The first-order chi connectivity index (χ1) is 5.63. The van der Waals surface area contributed by atoms with Gasteiger partial charge in [0, 0.05) is 13.6 Å². The summed E-state index contributed by atoms with van der Waals surface area (Å²) in [5.74, 6) is -0.297. The minimum absolute atomic E-state index is 0.105. The number of rotatable bonds is 2. The van der Waals surface area contributed by atoms with Crippen molar-refractivity contribution >= 4 is 24.4 Å². The van der Waals surface area contributed by atoms with Crippen molar-refractivity contribution in [2.45, 2.75) is 6.04 Å². The Bertz CT molecular complexity index is 209. The van der Waals surface area contributed by atoms with Crippen molar-refractivity contribution in [1.29, 1.82) is 0 Å². The van der Waals surface area contributed by atoms with E-state index in [1.54, 1.807) is 12.1 Å². The average Bonchev–Trinajstić information content (AvgIpc) is 2.30. The molecule has 0 spiro atoms. The third kappa shape index (κ3) is 2.12. The quantitative estimate of drug-likeness (QED) is 0.457. The van der Waals surface area contributed by atoms with Crippen LogP contribution < -0.4 is 10.7 Å². The number of hydrogen-bond acceptors (Lipinski definition) is 4. The number of carbonyl (C=O) groups is 2. The van der Waals surface area contributed by atoms with Crippen LogP contribution in [0.1, 0.15) is 0 Å². The average molecular weight is 189 g/mol. The fraction of sp³-hybridized carbons (Fsp3) is 0.667. The van der Waals surface area contributed by atoms with Gasteiger partial charge in [-0.05, 0) is 0 Å². The summed E-state index contributed by atoms with van der Waals surface area (Å²) in [7, 11) is 1.74. The van der Waals surface area contributed by atoms with Gasteiger partial charge in [0.05, 0.1) is 5.75 Å². The normalized spacial score (nSPS) is 23.8. The molecule has 12 heavy (non-hydrogen) atoms. The topological polar surface area (TPSA) is 61.4 Å². The van der Waals surface area contributed by atoms with E-state index in [-0.39, 0.29) is 17.6 Å². The molecule has 0 aromatic carbocycles. The second kappa shape index (κ2) is 3.77. The van der Waals surface area contributed by atoms with Crippen LogP contribution in [0.2, 0.25) is 0 Å². The first-order valence-corrected chi connectivity index (χ1v) is 4.18. The molecular weight excluding hydrogens is 178 g/mol. The van der Waals surface area contributed by atoms with Crippen LogP contribution in [0, 0.1) is 0 Å². The van der Waals surface area contributed by atoms with Crippen LogP contribution in [0.4, 0.5) is 0 Å². The molecule has 1 heterocycles. The van der Waals surface area contributed by atoms with Crippen molar-refractivity contribution in [2.24, 2.45) is 0 Å². The molecule has 1 aliphatic heterocycles. The molecule has 1 saturated heterocycles. The number of carbonyl (C=O) groups excluding carboxylic acids is 2. The van der Waals surface area contributed by atoms with Gasteiger partial charge in [-0.1, -0.05) is 0 Å². The van der Waals surface area contributed by atoms with Gasteiger partial charge >= 0.3 is 0 Å². The van der Waals surface area contributed by atoms with Crippen LogP contribution >= 0.6 is 12.6 Å². The largest absolute Gasteiger partial charge is 0.342 e. The molecule has 2 amide bonds. The molecule has 0 radical (unpaired) electrons. The lowest BCUT2D eigenvalue weighted by Crippen LogP contribution is -2.42. The minimum Gasteiger partial charge on any atom is -0.342 e. The number of hydrazine groups is 1. The molecule has 0 saturated carbocycles. The predicted octanol–water partition coefficient (Wildman–Crippen LogP) is -1.62. The molecule has 5 nitrogen and oxygen atoms in total. The number of amides is 2. The highest BCUT2D eigenvalue weighted by atomic mass is 32.1. The number of nitrogens with one attached hydrogen (secondary N) is 2. The van der Waals surface area contributed by atoms with Crippen molar-refractivity contribution in [2.75, 3.05) is 19.3 Å². The lowest BCUT2D eigenvalue weighted by molar-refractivity contribution is -0.126. The lowest BCUT2D eigenvalue weighted by atomic mass is 10.3. The van der Waals surface area contributed by atoms with Crippen molar-refractivity contribution in [3.63, 3.8) is 0 Å². The standard InChI is InChI=1S/C6H11N3O2S/c1-9-2-4(6(11)8-9)7-5(10)3-12/h4,12H,2-3H2,1H3,(H,7,10)(H,8,11). The number of likely N-dealkylation sites (N-methyl/N-ethyl adjacent to an activating group) is 1. The Kier molecular flexibility index (Phi) is 2.93. The highest BCUT2D eigenvalue weighted by Gasteiger charge is 2.28. The second-order valence-corrected chi connectivity index (χ2v) is 2.95. The molecule has 1 atom stereocenters. The van der Waals surface area contributed by atoms with Gasteiger partial charge in [0.1, 0.15) is 6.04 Å². The molecule has 2 N–H and O–H groups in total. The summed E-state index contributed by atoms with van der Waals surface area (Å²) in [6, 6.07) is -0.436. The van der Waals surface area contributed by atoms with Crippen molar-refractivity contribution < 1.29 is 9.59 Å². The van der Waals surface area contributed by atoms with Crippen LogP contribution in [0.15, 0.2) is 0 Å². The smallest absolute Gasteiger partial charge is 0.258 e. The van der Waals surface area contributed by atoms with Gasteiger partial charge in [-0.25, -0.2) is 5.01 Å². The molecule has 6 heteroatoms. The number of nitrogens with zero attached hydrogens (tertiary/aromatic N) is 1. The van der Waals surface area contributed by atoms with Crippen LogP contribution in [-0.2, 0) is 9.59 Å². The third-order valence-electron chi connectivity index (χ3n) is 1.55. The van der Waals surface area contributed by atoms with E-state index >= 15 is 0 Å². The van der Waals surface area contributed by atoms with Gasteiger partial charge in [-0.15, -0.1) is 0 Å². The molecule has 68 valence electrons. The number of hydrogen-bond donors (Lipinski definition) is 3. The van der Waals surface area contributed by atoms with Crippen LogP contribution in [0.3, 0.4) is 0 Å². The van der Waals surface area contributed by atoms with Gasteiger partial charge in [0.25, 0.3) is 5.91 Å². The van der Waals surface area contributed by atoms with E-state index in [1.165, 1.54) is 0 Å². The maximum atomic E-state index is 11.0. The first-order valence-electron chi connectivity index (χ1n) is 3.55. The zero-order valence-corrected chi connectivity index (χ0v) is 7.60. The highest BCUT2D eigenvalue weighted by molar-refractivity contribution is 7.81. The van der Waals surface area contributed by atoms with Crippen LogP contribution in [0.5, 0.6) is 0 Å². The monoisotopic (exact) mass is 189 g/mol. The lowest BCUT2D eigenvalue weighted by Gasteiger charge is -2.07. The SMILES string of the molecule is CN1CC(NC(=O)CS)C(=O)N1. The maximum absolute atomic E-state index is 11.0. The zero-order chi connectivity index (χ0) is 9.14. The fourth-order valence-corrected chi connectivity index (χ4v) is 1.11. The summed E-state index contributed by atoms with van der Waals surface area (Å²) in [6.45, 7) is 0.498. The Hall–Kier alpha value is -0.750. The van der Waals surface area contributed by atoms with Gasteiger partial charge in [0.15, 0.2) is 0 Å². The number of thiol groups is 1. The summed E-state index contributed by atoms with van der Waals surface area (Å²) < 4.78 is 0. The Morgan fingerprint density at radius 3 is 3.00 bits per heavy atom. The van der Waals surface area contributed by atoms with Crippen molar-refractivity contribution in [3.8, 4) is 0 Å². The zero-order valence-electron chi connectivity index (χ0n) is 6.70. The Morgan fingerprint density at radius 1 is 1.92 bits per heavy atom. The van der Waals surface area contributed by atoms with Crippen molar-refractivity contribution in [1.82, 2.24) is 15.8 Å². The maximum Gasteiger partial charge on any atom is 0.258 e. The molecule has 0 aromatic rings. The summed E-state index contributed by atoms with van der Waals surface area (Å²) >= 11 is 3.78. The Balaban J connectivity index is 2.43. The minimum atomic E-state index is -0.436. The third-order valence-corrected chi connectivity index (χ3v) is 1.84. The van der Waals surface area contributed by atoms with E-state index < -0.39 is 6.04 Å². The van der Waals surface area contributed by atoms with E-state index in [0.29, 0.717) is 6.54 Å². The van der Waals surface area contributed by atoms with Crippen LogP contribution in [0.25, 0.3) is 0 Å². The van der Waals surface area contributed by atoms with E-state index in [4.69, 9.17) is 0 Å². The van der Waals surface area contributed by atoms with E-state index in [1.807, 2.05) is 0 Å². The molecule has 1 rings (SSSR count). The Labute approximate surface area is 75.9 Å². The first kappa shape index (κ1) is 9.34. The molecule has 0 bridgehead atoms. The predicted molar refractivity (Wildman–Crippen MR) is 46.6 cm³/mol. The van der Waals surface area contributed by atoms with Gasteiger partial charge in [-0.3, -0.25) is 15.0 Å². The summed E-state index contributed by atoms with van der Waals surface area (Å²) in [5, 5.41) is 4.17. The Morgan fingerprint density at radius 2 is 2.58 bits per heavy atom. The highest BCUT2D eigenvalue weighted by Crippen LogP contribution is 1.96. The van der Waals surface area contributed by atoms with E-state index in [0.717, 1.165) is 0 Å². The van der Waals surface area contributed by atoms with Crippen molar-refractivity contribution in [3.05, 3.63) is 0 Å². The van der Waals surface area contributed by atoms with Gasteiger partial charge in [0.2, 0.25) is 5.91 Å². The fourth-order valence-electron chi connectivity index (χ4n) is 1.02. The molecule has 0 aliphatic carbocycles. The molecule has 0 aromatic heterocycles. The molecule has 1 fully saturated rings. The van der Waals surface area contributed by atoms with E-state index in [9.17, 15) is 9.59 Å². The molecular formula is C6H11N3O2S. The van der Waals surface area contributed by atoms with Crippen LogP contribution in [-0.4, -0.2) is 42.2 Å². The molecule has 1 aliphatic rings. The summed E-state index contributed by atoms with van der Waals surface area (Å²) in [5.41, 5.74) is 2.55. The molecule has 1 unspecified atom stereocenters. The van der Waals surface area contributed by atoms with E-state index in [2.05, 4.69) is 23.4 Å². The summed E-state index contributed by atoms with van der Waals surface area (Å²) in [6.07, 6.45) is 0. The van der Waals surface area contributed by atoms with Gasteiger partial charge < -0.3 is 5.32 Å². The summed E-state index contributed by atoms with van der Waals surface area (Å²) in [4.78, 5) is 21.9.